The molecule has 0 unspecified atom stereocenters. The normalized spacial score (nSPS) is 20.5. The number of anilines is 2. The van der Waals surface area contributed by atoms with Crippen LogP contribution in [0.5, 0.6) is 5.75 Å². The molecule has 4 nitrogen and oxygen atoms in total. The summed E-state index contributed by atoms with van der Waals surface area (Å²) in [6.45, 7) is 0. The first-order valence-electron chi connectivity index (χ1n) is 9.90. The molecule has 2 N–H and O–H groups in total. The number of nitrogens with one attached hydrogen (secondary N) is 2. The molecule has 6 heteroatoms. The van der Waals surface area contributed by atoms with Crippen LogP contribution in [0.25, 0.3) is 0 Å². The van der Waals surface area contributed by atoms with E-state index in [1.807, 2.05) is 30.3 Å². The topological polar surface area (TPSA) is 50.4 Å². The van der Waals surface area contributed by atoms with Gasteiger partial charge in [-0.25, -0.2) is 0 Å². The zero-order valence-electron chi connectivity index (χ0n) is 16.4. The lowest BCUT2D eigenvalue weighted by Crippen LogP contribution is -2.26. The van der Waals surface area contributed by atoms with E-state index in [-0.39, 0.29) is 17.7 Å². The van der Waals surface area contributed by atoms with Gasteiger partial charge in [-0.15, -0.1) is 11.3 Å². The maximum atomic E-state index is 13.5. The number of carbonyl (C=O) groups excluding carboxylic acids is 1. The maximum absolute atomic E-state index is 13.5. The molecule has 2 heterocycles. The molecular weight excluding hydrogens is 460 g/mol. The number of thiophene rings is 1. The first kappa shape index (κ1) is 19.4. The third-order valence-corrected chi connectivity index (χ3v) is 7.46. The lowest BCUT2D eigenvalue weighted by atomic mass is 9.79. The van der Waals surface area contributed by atoms with Gasteiger partial charge in [-0.2, -0.15) is 0 Å². The summed E-state index contributed by atoms with van der Waals surface area (Å²) in [5.41, 5.74) is 5.05. The molecule has 1 aliphatic carbocycles. The summed E-state index contributed by atoms with van der Waals surface area (Å²) in [7, 11) is 1.67. The third kappa shape index (κ3) is 3.55. The van der Waals surface area contributed by atoms with Crippen LogP contribution in [-0.2, 0) is 4.79 Å². The monoisotopic (exact) mass is 480 g/mol. The van der Waals surface area contributed by atoms with Crippen molar-refractivity contribution in [2.24, 2.45) is 0 Å². The molecule has 0 amide bonds. The first-order chi connectivity index (χ1) is 14.6. The van der Waals surface area contributed by atoms with Gasteiger partial charge in [-0.05, 0) is 70.2 Å². The van der Waals surface area contributed by atoms with E-state index in [1.165, 1.54) is 5.56 Å². The van der Waals surface area contributed by atoms with Crippen LogP contribution in [0.3, 0.4) is 0 Å². The van der Waals surface area contributed by atoms with Gasteiger partial charge in [-0.1, -0.05) is 24.3 Å². The molecule has 1 aromatic heterocycles. The molecule has 2 aromatic carbocycles. The van der Waals surface area contributed by atoms with Crippen LogP contribution in [0.4, 0.5) is 11.4 Å². The number of allylic oxidation sites excluding steroid dienone is 1. The zero-order valence-corrected chi connectivity index (χ0v) is 18.8. The standard InChI is InChI=1S/C24H21BrN2O2S/c1-29-16-8-6-14(7-9-16)15-12-19-23(20(28)13-15)24(21-10-11-22(25)30-21)27-18-5-3-2-4-17(18)26-19/h2-11,15,24,26-27H,12-13H2,1H3/t15-,24-/m0/s1. The quantitative estimate of drug-likeness (QED) is 0.449. The maximum Gasteiger partial charge on any atom is 0.163 e. The summed E-state index contributed by atoms with van der Waals surface area (Å²) < 4.78 is 6.35. The molecule has 0 radical (unpaired) electrons. The number of methoxy groups -OCH3 is 1. The lowest BCUT2D eigenvalue weighted by molar-refractivity contribution is -0.116. The number of benzene rings is 2. The number of fused-ring (bicyclic) bond motifs is 1. The molecule has 30 heavy (non-hydrogen) atoms. The number of hydrogen-bond acceptors (Lipinski definition) is 5. The molecule has 5 rings (SSSR count). The largest absolute Gasteiger partial charge is 0.497 e. The van der Waals surface area contributed by atoms with Crippen LogP contribution in [0.2, 0.25) is 0 Å². The van der Waals surface area contributed by atoms with Crippen LogP contribution >= 0.6 is 27.3 Å². The second-order valence-electron chi connectivity index (χ2n) is 7.58. The van der Waals surface area contributed by atoms with Gasteiger partial charge in [0.1, 0.15) is 5.75 Å². The van der Waals surface area contributed by atoms with E-state index in [9.17, 15) is 4.79 Å². The molecule has 0 fully saturated rings. The Morgan fingerprint density at radius 1 is 1.00 bits per heavy atom. The van der Waals surface area contributed by atoms with Crippen LogP contribution < -0.4 is 15.4 Å². The van der Waals surface area contributed by atoms with Crippen molar-refractivity contribution < 1.29 is 9.53 Å². The Balaban J connectivity index is 1.57. The fraction of sp³-hybridized carbons (Fsp3) is 0.208. The first-order valence-corrected chi connectivity index (χ1v) is 11.5. The Hall–Kier alpha value is -2.57. The molecule has 152 valence electrons. The summed E-state index contributed by atoms with van der Waals surface area (Å²) in [4.78, 5) is 14.6. The Kier molecular flexibility index (Phi) is 5.13. The van der Waals surface area contributed by atoms with Gasteiger partial charge in [0, 0.05) is 22.6 Å². The van der Waals surface area contributed by atoms with Crippen molar-refractivity contribution >= 4 is 44.4 Å². The van der Waals surface area contributed by atoms with E-state index in [2.05, 4.69) is 56.9 Å². The average Bonchev–Trinajstić information content (AvgIpc) is 3.11. The third-order valence-electron chi connectivity index (χ3n) is 5.77. The highest BCUT2D eigenvalue weighted by Crippen LogP contribution is 2.45. The summed E-state index contributed by atoms with van der Waals surface area (Å²) in [5.74, 6) is 1.17. The number of ether oxygens (including phenoxy) is 1. The SMILES string of the molecule is COc1ccc([C@@H]2CC(=O)C3=C(C2)Nc2ccccc2N[C@H]3c2ccc(Br)s2)cc1. The number of rotatable bonds is 3. The van der Waals surface area contributed by atoms with Crippen molar-refractivity contribution in [1.29, 1.82) is 0 Å². The van der Waals surface area contributed by atoms with Crippen molar-refractivity contribution in [2.45, 2.75) is 24.8 Å². The lowest BCUT2D eigenvalue weighted by Gasteiger charge is -2.29. The molecular formula is C24H21BrN2O2S. The highest BCUT2D eigenvalue weighted by Gasteiger charge is 2.36. The molecule has 2 atom stereocenters. The minimum absolute atomic E-state index is 0.149. The van der Waals surface area contributed by atoms with E-state index in [0.717, 1.165) is 43.5 Å². The highest BCUT2D eigenvalue weighted by molar-refractivity contribution is 9.11. The Labute approximate surface area is 188 Å². The molecule has 0 saturated heterocycles. The van der Waals surface area contributed by atoms with E-state index in [4.69, 9.17) is 4.74 Å². The van der Waals surface area contributed by atoms with Gasteiger partial charge in [0.15, 0.2) is 5.78 Å². The Morgan fingerprint density at radius 3 is 2.47 bits per heavy atom. The highest BCUT2D eigenvalue weighted by atomic mass is 79.9. The number of carbonyl (C=O) groups is 1. The molecule has 3 aromatic rings. The van der Waals surface area contributed by atoms with Gasteiger partial charge < -0.3 is 15.4 Å². The summed E-state index contributed by atoms with van der Waals surface area (Å²) >= 11 is 5.23. The zero-order chi connectivity index (χ0) is 20.7. The van der Waals surface area contributed by atoms with Crippen LogP contribution in [-0.4, -0.2) is 12.9 Å². The molecule has 0 bridgehead atoms. The smallest absolute Gasteiger partial charge is 0.163 e. The van der Waals surface area contributed by atoms with Crippen molar-refractivity contribution in [3.8, 4) is 5.75 Å². The predicted molar refractivity (Wildman–Crippen MR) is 125 cm³/mol. The predicted octanol–water partition coefficient (Wildman–Crippen LogP) is 6.50. The second-order valence-corrected chi connectivity index (χ2v) is 10.1. The van der Waals surface area contributed by atoms with Gasteiger partial charge in [0.2, 0.25) is 0 Å². The van der Waals surface area contributed by atoms with Crippen LogP contribution in [0.15, 0.2) is 75.7 Å². The summed E-state index contributed by atoms with van der Waals surface area (Å²) in [5, 5.41) is 7.21. The van der Waals surface area contributed by atoms with Gasteiger partial charge in [0.05, 0.1) is 28.3 Å². The van der Waals surface area contributed by atoms with E-state index < -0.39 is 0 Å². The van der Waals surface area contributed by atoms with Crippen molar-refractivity contribution in [3.05, 3.63) is 86.2 Å². The minimum Gasteiger partial charge on any atom is -0.497 e. The van der Waals surface area contributed by atoms with Gasteiger partial charge in [-0.3, -0.25) is 4.79 Å². The molecule has 2 aliphatic rings. The number of halogens is 1. The fourth-order valence-electron chi connectivity index (χ4n) is 4.30. The number of ketones is 1. The van der Waals surface area contributed by atoms with E-state index in [1.54, 1.807) is 18.4 Å². The van der Waals surface area contributed by atoms with Gasteiger partial charge in [0.25, 0.3) is 0 Å². The van der Waals surface area contributed by atoms with Crippen molar-refractivity contribution in [1.82, 2.24) is 0 Å². The average molecular weight is 481 g/mol. The van der Waals surface area contributed by atoms with Crippen LogP contribution in [0.1, 0.15) is 35.2 Å². The molecule has 1 aliphatic heterocycles. The Morgan fingerprint density at radius 2 is 1.77 bits per heavy atom. The van der Waals surface area contributed by atoms with E-state index in [0.29, 0.717) is 6.42 Å². The summed E-state index contributed by atoms with van der Waals surface area (Å²) in [6, 6.07) is 20.2. The number of Topliss-reactive ketones (excluding diaryl/α,β-unsaturated/α-hetero) is 1. The van der Waals surface area contributed by atoms with Crippen molar-refractivity contribution in [3.63, 3.8) is 0 Å². The van der Waals surface area contributed by atoms with Crippen molar-refractivity contribution in [2.75, 3.05) is 17.7 Å². The minimum atomic E-state index is -0.156. The number of para-hydroxylation sites is 2. The summed E-state index contributed by atoms with van der Waals surface area (Å²) in [6.07, 6.45) is 1.31. The Bertz CT molecular complexity index is 1140. The van der Waals surface area contributed by atoms with E-state index >= 15 is 0 Å². The second kappa shape index (κ2) is 7.93. The fourth-order valence-corrected chi connectivity index (χ4v) is 5.79. The van der Waals surface area contributed by atoms with Crippen LogP contribution in [0, 0.1) is 0 Å². The number of hydrogen-bond donors (Lipinski definition) is 2. The molecule has 0 spiro atoms. The molecule has 0 saturated carbocycles. The van der Waals surface area contributed by atoms with Gasteiger partial charge >= 0.3 is 0 Å².